The molecule has 0 saturated carbocycles. The van der Waals surface area contributed by atoms with Gasteiger partial charge in [-0.3, -0.25) is 0 Å². The lowest BCUT2D eigenvalue weighted by Crippen LogP contribution is -1.94. The first-order valence-electron chi connectivity index (χ1n) is 3.40. The monoisotopic (exact) mass is 243 g/mol. The summed E-state index contributed by atoms with van der Waals surface area (Å²) in [5, 5.41) is -0.448. The van der Waals surface area contributed by atoms with E-state index in [0.29, 0.717) is 5.75 Å². The normalized spacial score (nSPS) is 10.5. The molecule has 0 spiro atoms. The minimum atomic E-state index is -1.03. The van der Waals surface area contributed by atoms with E-state index in [0.717, 1.165) is 0 Å². The molecule has 1 nitrogen and oxygen atoms in total. The smallest absolute Gasteiger partial charge is 0.188 e. The molecule has 0 N–H and O–H groups in total. The van der Waals surface area contributed by atoms with Crippen LogP contribution >= 0.6 is 35.0 Å². The van der Waals surface area contributed by atoms with E-state index in [4.69, 9.17) is 23.2 Å². The Morgan fingerprint density at radius 1 is 1.23 bits per heavy atom. The van der Waals surface area contributed by atoms with Gasteiger partial charge in [-0.05, 0) is 5.75 Å². The van der Waals surface area contributed by atoms with Crippen LogP contribution in [-0.4, -0.2) is 10.7 Å². The minimum absolute atomic E-state index is 0.204. The van der Waals surface area contributed by atoms with Crippen LogP contribution in [0, 0.1) is 11.9 Å². The van der Waals surface area contributed by atoms with Gasteiger partial charge in [-0.1, -0.05) is 30.1 Å². The van der Waals surface area contributed by atoms with Gasteiger partial charge < -0.3 is 0 Å². The van der Waals surface area contributed by atoms with E-state index < -0.39 is 11.9 Å². The van der Waals surface area contributed by atoms with Crippen LogP contribution < -0.4 is 0 Å². The predicted octanol–water partition coefficient (Wildman–Crippen LogP) is 3.78. The number of aromatic nitrogens is 1. The van der Waals surface area contributed by atoms with E-state index in [1.165, 1.54) is 11.8 Å². The van der Waals surface area contributed by atoms with E-state index in [2.05, 4.69) is 4.98 Å². The second-order valence-electron chi connectivity index (χ2n) is 2.08. The van der Waals surface area contributed by atoms with Crippen LogP contribution in [0.3, 0.4) is 0 Å². The van der Waals surface area contributed by atoms with Gasteiger partial charge in [0.15, 0.2) is 0 Å². The standard InChI is InChI=1S/C7H5Cl2F2NS/c1-2-13-5-3(8)6(10)12-7(11)4(5)9/h2H2,1H3. The fourth-order valence-electron chi connectivity index (χ4n) is 0.739. The molecular formula is C7H5Cl2F2NS. The minimum Gasteiger partial charge on any atom is -0.188 e. The molecule has 0 aliphatic carbocycles. The van der Waals surface area contributed by atoms with Gasteiger partial charge in [-0.25, -0.2) is 0 Å². The summed E-state index contributed by atoms with van der Waals surface area (Å²) in [6.45, 7) is 1.83. The van der Waals surface area contributed by atoms with Crippen molar-refractivity contribution in [3.63, 3.8) is 0 Å². The fourth-order valence-corrected chi connectivity index (χ4v) is 2.10. The highest BCUT2D eigenvalue weighted by molar-refractivity contribution is 7.99. The number of thioether (sulfide) groups is 1. The summed E-state index contributed by atoms with van der Waals surface area (Å²) in [4.78, 5) is 3.11. The highest BCUT2D eigenvalue weighted by Crippen LogP contribution is 2.35. The Kier molecular flexibility index (Phi) is 3.76. The summed E-state index contributed by atoms with van der Waals surface area (Å²) in [5.74, 6) is -1.43. The number of hydrogen-bond acceptors (Lipinski definition) is 2. The Labute approximate surface area is 88.4 Å². The molecule has 1 rings (SSSR count). The van der Waals surface area contributed by atoms with Crippen LogP contribution in [0.1, 0.15) is 6.92 Å². The van der Waals surface area contributed by atoms with Crippen molar-refractivity contribution in [2.75, 3.05) is 5.75 Å². The Bertz CT molecular complexity index is 307. The molecule has 0 fully saturated rings. The van der Waals surface area contributed by atoms with Crippen molar-refractivity contribution in [3.05, 3.63) is 21.9 Å². The van der Waals surface area contributed by atoms with Crippen molar-refractivity contribution in [2.45, 2.75) is 11.8 Å². The summed E-state index contributed by atoms with van der Waals surface area (Å²) >= 11 is 12.3. The molecule has 0 radical (unpaired) electrons. The molecular weight excluding hydrogens is 239 g/mol. The second-order valence-corrected chi connectivity index (χ2v) is 4.11. The first-order valence-corrected chi connectivity index (χ1v) is 5.14. The summed E-state index contributed by atoms with van der Waals surface area (Å²) in [7, 11) is 0. The largest absolute Gasteiger partial charge is 0.235 e. The molecule has 0 atom stereocenters. The first kappa shape index (κ1) is 11.0. The molecule has 0 unspecified atom stereocenters. The third-order valence-corrected chi connectivity index (χ3v) is 3.15. The lowest BCUT2D eigenvalue weighted by atomic mass is 10.5. The summed E-state index contributed by atoms with van der Waals surface area (Å²) in [6, 6.07) is 0. The van der Waals surface area contributed by atoms with Crippen LogP contribution in [0.15, 0.2) is 4.90 Å². The van der Waals surface area contributed by atoms with Gasteiger partial charge in [0.1, 0.15) is 10.0 Å². The van der Waals surface area contributed by atoms with Gasteiger partial charge in [0.05, 0.1) is 4.90 Å². The fraction of sp³-hybridized carbons (Fsp3) is 0.286. The molecule has 0 aliphatic heterocycles. The lowest BCUT2D eigenvalue weighted by molar-refractivity contribution is 0.508. The van der Waals surface area contributed by atoms with Gasteiger partial charge in [0, 0.05) is 0 Å². The zero-order chi connectivity index (χ0) is 10.0. The van der Waals surface area contributed by atoms with Crippen molar-refractivity contribution in [3.8, 4) is 0 Å². The maximum Gasteiger partial charge on any atom is 0.235 e. The van der Waals surface area contributed by atoms with Gasteiger partial charge in [0.2, 0.25) is 11.9 Å². The predicted molar refractivity (Wildman–Crippen MR) is 50.6 cm³/mol. The molecule has 1 aromatic heterocycles. The highest BCUT2D eigenvalue weighted by Gasteiger charge is 2.17. The molecule has 0 saturated heterocycles. The molecule has 72 valence electrons. The third kappa shape index (κ3) is 2.24. The van der Waals surface area contributed by atoms with Gasteiger partial charge in [-0.2, -0.15) is 13.8 Å². The Morgan fingerprint density at radius 3 is 2.08 bits per heavy atom. The van der Waals surface area contributed by atoms with E-state index in [-0.39, 0.29) is 14.9 Å². The van der Waals surface area contributed by atoms with Crippen molar-refractivity contribution < 1.29 is 8.78 Å². The number of pyridine rings is 1. The first-order chi connectivity index (χ1) is 6.07. The van der Waals surface area contributed by atoms with Crippen molar-refractivity contribution in [2.24, 2.45) is 0 Å². The Balaban J connectivity index is 3.28. The number of rotatable bonds is 2. The topological polar surface area (TPSA) is 12.9 Å². The Morgan fingerprint density at radius 2 is 1.69 bits per heavy atom. The lowest BCUT2D eigenvalue weighted by Gasteiger charge is -2.05. The van der Waals surface area contributed by atoms with Gasteiger partial charge in [-0.15, -0.1) is 11.8 Å². The Hall–Kier alpha value is -0.0600. The van der Waals surface area contributed by atoms with Crippen molar-refractivity contribution in [1.29, 1.82) is 0 Å². The molecule has 0 aliphatic rings. The van der Waals surface area contributed by atoms with Crippen LogP contribution in [0.2, 0.25) is 10.0 Å². The number of nitrogens with zero attached hydrogens (tertiary/aromatic N) is 1. The summed E-state index contributed by atoms with van der Waals surface area (Å²) < 4.78 is 25.6. The molecule has 13 heavy (non-hydrogen) atoms. The average Bonchev–Trinajstić information content (AvgIpc) is 2.09. The molecule has 0 aromatic carbocycles. The SMILES string of the molecule is CCSc1c(Cl)c(F)nc(F)c1Cl. The molecule has 1 heterocycles. The second kappa shape index (κ2) is 4.44. The third-order valence-electron chi connectivity index (χ3n) is 1.25. The summed E-state index contributed by atoms with van der Waals surface area (Å²) in [5.41, 5.74) is 0. The van der Waals surface area contributed by atoms with Crippen LogP contribution in [0.25, 0.3) is 0 Å². The molecule has 6 heteroatoms. The highest BCUT2D eigenvalue weighted by atomic mass is 35.5. The average molecular weight is 244 g/mol. The van der Waals surface area contributed by atoms with E-state index >= 15 is 0 Å². The molecule has 0 amide bonds. The summed E-state index contributed by atoms with van der Waals surface area (Å²) in [6.07, 6.45) is 0. The zero-order valence-electron chi connectivity index (χ0n) is 6.57. The number of hydrogen-bond donors (Lipinski definition) is 0. The maximum atomic E-state index is 12.8. The van der Waals surface area contributed by atoms with Crippen LogP contribution in [0.4, 0.5) is 8.78 Å². The van der Waals surface area contributed by atoms with Gasteiger partial charge in [0.25, 0.3) is 0 Å². The van der Waals surface area contributed by atoms with E-state index in [9.17, 15) is 8.78 Å². The van der Waals surface area contributed by atoms with Crippen LogP contribution in [-0.2, 0) is 0 Å². The van der Waals surface area contributed by atoms with Crippen molar-refractivity contribution in [1.82, 2.24) is 4.98 Å². The maximum absolute atomic E-state index is 12.8. The zero-order valence-corrected chi connectivity index (χ0v) is 8.90. The van der Waals surface area contributed by atoms with E-state index in [1.807, 2.05) is 6.92 Å². The van der Waals surface area contributed by atoms with Gasteiger partial charge >= 0.3 is 0 Å². The quantitative estimate of drug-likeness (QED) is 0.580. The van der Waals surface area contributed by atoms with Crippen molar-refractivity contribution >= 4 is 35.0 Å². The number of halogens is 4. The van der Waals surface area contributed by atoms with Crippen LogP contribution in [0.5, 0.6) is 0 Å². The van der Waals surface area contributed by atoms with E-state index in [1.54, 1.807) is 0 Å². The molecule has 1 aromatic rings. The molecule has 0 bridgehead atoms.